The number of sulfonamides is 1. The lowest BCUT2D eigenvalue weighted by Crippen LogP contribution is -2.12. The maximum absolute atomic E-state index is 11.6. The minimum Gasteiger partial charge on any atom is -0.376 e. The fraction of sp³-hybridized carbons (Fsp3) is 0.158. The van der Waals surface area contributed by atoms with Gasteiger partial charge >= 0.3 is 0 Å². The van der Waals surface area contributed by atoms with E-state index in [2.05, 4.69) is 48.5 Å². The number of primary sulfonamides is 1. The smallest absolute Gasteiger partial charge is 0.238 e. The molecule has 5 N–H and O–H groups in total. The molecule has 2 heterocycles. The van der Waals surface area contributed by atoms with Gasteiger partial charge in [0, 0.05) is 22.6 Å². The summed E-state index contributed by atoms with van der Waals surface area (Å²) in [5.74, 6) is 0.966. The topological polar surface area (TPSA) is 131 Å². The summed E-state index contributed by atoms with van der Waals surface area (Å²) in [5.41, 5.74) is 4.03. The predicted octanol–water partition coefficient (Wildman–Crippen LogP) is 3.45. The molecule has 0 bridgehead atoms. The van der Waals surface area contributed by atoms with E-state index < -0.39 is 10.0 Å². The van der Waals surface area contributed by atoms with Crippen LogP contribution < -0.4 is 21.1 Å². The van der Waals surface area contributed by atoms with Gasteiger partial charge in [0.2, 0.25) is 16.0 Å². The maximum atomic E-state index is 11.6. The van der Waals surface area contributed by atoms with Crippen molar-refractivity contribution in [3.8, 4) is 0 Å². The molecule has 0 saturated carbocycles. The van der Waals surface area contributed by atoms with Crippen LogP contribution in [0.25, 0.3) is 0 Å². The van der Waals surface area contributed by atoms with Crippen molar-refractivity contribution in [2.24, 2.45) is 5.14 Å². The standard InChI is InChI=1S/C19H19IN6O3S/c20-11-22-12-4-6-13(7-5-12)24-19-25-17-10-29-9-16(17)18(26-19)23-14-2-1-3-15(8-14)30(21,27)28/h1-8,22H,9-11H2,(H2,21,27,28)(H2,23,24,25,26). The lowest BCUT2D eigenvalue weighted by atomic mass is 10.2. The van der Waals surface area contributed by atoms with E-state index in [9.17, 15) is 8.42 Å². The summed E-state index contributed by atoms with van der Waals surface area (Å²) in [5, 5.41) is 14.8. The van der Waals surface area contributed by atoms with Crippen LogP contribution >= 0.6 is 22.6 Å². The molecule has 30 heavy (non-hydrogen) atoms. The van der Waals surface area contributed by atoms with Crippen LogP contribution in [-0.2, 0) is 28.0 Å². The molecule has 2 aromatic carbocycles. The zero-order valence-corrected chi connectivity index (χ0v) is 18.7. The van der Waals surface area contributed by atoms with Crippen LogP contribution in [0.1, 0.15) is 11.3 Å². The van der Waals surface area contributed by atoms with Crippen LogP contribution in [0, 0.1) is 0 Å². The number of nitrogens with two attached hydrogens (primary N) is 1. The second-order valence-electron chi connectivity index (χ2n) is 6.52. The van der Waals surface area contributed by atoms with Crippen LogP contribution in [0.15, 0.2) is 53.4 Å². The first kappa shape index (κ1) is 20.8. The second-order valence-corrected chi connectivity index (χ2v) is 8.85. The number of benzene rings is 2. The number of fused-ring (bicyclic) bond motifs is 1. The first-order valence-electron chi connectivity index (χ1n) is 8.97. The zero-order chi connectivity index (χ0) is 21.1. The van der Waals surface area contributed by atoms with E-state index in [1.165, 1.54) is 12.1 Å². The third-order valence-electron chi connectivity index (χ3n) is 4.42. The maximum Gasteiger partial charge on any atom is 0.238 e. The molecular formula is C19H19IN6O3S. The van der Waals surface area contributed by atoms with Gasteiger partial charge in [0.1, 0.15) is 5.82 Å². The summed E-state index contributed by atoms with van der Waals surface area (Å²) in [6, 6.07) is 14.1. The Kier molecular flexibility index (Phi) is 6.04. The Balaban J connectivity index is 1.62. The Labute approximate surface area is 187 Å². The second kappa shape index (κ2) is 8.71. The van der Waals surface area contributed by atoms with E-state index in [0.29, 0.717) is 30.7 Å². The molecule has 0 spiro atoms. The minimum absolute atomic E-state index is 0.0213. The molecule has 0 fully saturated rings. The molecule has 3 aromatic rings. The van der Waals surface area contributed by atoms with Crippen LogP contribution in [0.4, 0.5) is 28.8 Å². The molecule has 9 nitrogen and oxygen atoms in total. The summed E-state index contributed by atoms with van der Waals surface area (Å²) in [6.07, 6.45) is 0. The van der Waals surface area contributed by atoms with Gasteiger partial charge in [0.25, 0.3) is 0 Å². The fourth-order valence-corrected chi connectivity index (χ4v) is 3.98. The molecule has 0 atom stereocenters. The third kappa shape index (κ3) is 4.80. The highest BCUT2D eigenvalue weighted by molar-refractivity contribution is 14.1. The average Bonchev–Trinajstić information content (AvgIpc) is 3.18. The molecule has 1 aliphatic heterocycles. The van der Waals surface area contributed by atoms with Crippen molar-refractivity contribution >= 4 is 61.4 Å². The first-order valence-corrected chi connectivity index (χ1v) is 12.0. The Bertz CT molecular complexity index is 1170. The number of nitrogens with zero attached hydrogens (tertiary/aromatic N) is 2. The van der Waals surface area contributed by atoms with Crippen LogP contribution in [0.2, 0.25) is 0 Å². The van der Waals surface area contributed by atoms with Gasteiger partial charge in [-0.25, -0.2) is 18.5 Å². The predicted molar refractivity (Wildman–Crippen MR) is 124 cm³/mol. The van der Waals surface area contributed by atoms with Crippen molar-refractivity contribution in [2.75, 3.05) is 20.5 Å². The highest BCUT2D eigenvalue weighted by Crippen LogP contribution is 2.30. The molecule has 1 aliphatic rings. The summed E-state index contributed by atoms with van der Waals surface area (Å²) < 4.78 is 29.6. The number of hydrogen-bond acceptors (Lipinski definition) is 8. The molecule has 156 valence electrons. The lowest BCUT2D eigenvalue weighted by molar-refractivity contribution is 0.133. The van der Waals surface area contributed by atoms with Gasteiger partial charge in [-0.3, -0.25) is 0 Å². The molecular weight excluding hydrogens is 519 g/mol. The molecule has 11 heteroatoms. The zero-order valence-electron chi connectivity index (χ0n) is 15.7. The molecule has 0 radical (unpaired) electrons. The third-order valence-corrected chi connectivity index (χ3v) is 5.71. The van der Waals surface area contributed by atoms with Gasteiger partial charge in [0.05, 0.1) is 28.4 Å². The van der Waals surface area contributed by atoms with Crippen LogP contribution in [0.3, 0.4) is 0 Å². The number of rotatable bonds is 7. The highest BCUT2D eigenvalue weighted by Gasteiger charge is 2.21. The fourth-order valence-electron chi connectivity index (χ4n) is 2.98. The number of nitrogens with one attached hydrogen (secondary N) is 3. The highest BCUT2D eigenvalue weighted by atomic mass is 127. The van der Waals surface area contributed by atoms with Crippen molar-refractivity contribution in [3.63, 3.8) is 0 Å². The van der Waals surface area contributed by atoms with Gasteiger partial charge < -0.3 is 20.7 Å². The van der Waals surface area contributed by atoms with E-state index in [4.69, 9.17) is 9.88 Å². The SMILES string of the molecule is NS(=O)(=O)c1cccc(Nc2nc(Nc3ccc(NCI)cc3)nc3c2COC3)c1. The van der Waals surface area contributed by atoms with Crippen molar-refractivity contribution in [1.82, 2.24) is 9.97 Å². The minimum atomic E-state index is -3.80. The summed E-state index contributed by atoms with van der Waals surface area (Å²) in [4.78, 5) is 9.14. The summed E-state index contributed by atoms with van der Waals surface area (Å²) >= 11 is 2.25. The normalized spacial score (nSPS) is 13.0. The quantitative estimate of drug-likeness (QED) is 0.205. The van der Waals surface area contributed by atoms with Gasteiger partial charge in [-0.2, -0.15) is 4.98 Å². The Morgan fingerprint density at radius 1 is 1.00 bits per heavy atom. The van der Waals surface area contributed by atoms with E-state index in [-0.39, 0.29) is 4.90 Å². The monoisotopic (exact) mass is 538 g/mol. The number of aromatic nitrogens is 2. The van der Waals surface area contributed by atoms with Gasteiger partial charge in [-0.05, 0) is 42.5 Å². The number of hydrogen-bond donors (Lipinski definition) is 4. The Morgan fingerprint density at radius 3 is 2.50 bits per heavy atom. The Hall–Kier alpha value is -2.48. The van der Waals surface area contributed by atoms with Crippen LogP contribution in [-0.4, -0.2) is 22.9 Å². The first-order chi connectivity index (χ1) is 14.4. The molecule has 4 rings (SSSR count). The number of halogens is 1. The van der Waals surface area contributed by atoms with E-state index in [0.717, 1.165) is 27.2 Å². The van der Waals surface area contributed by atoms with Gasteiger partial charge in [-0.1, -0.05) is 28.7 Å². The molecule has 0 unspecified atom stereocenters. The number of anilines is 5. The van der Waals surface area contributed by atoms with Crippen molar-refractivity contribution in [3.05, 3.63) is 59.8 Å². The number of ether oxygens (including phenoxy) is 1. The Morgan fingerprint density at radius 2 is 1.77 bits per heavy atom. The van der Waals surface area contributed by atoms with Crippen molar-refractivity contribution in [2.45, 2.75) is 18.1 Å². The van der Waals surface area contributed by atoms with E-state index >= 15 is 0 Å². The largest absolute Gasteiger partial charge is 0.376 e. The van der Waals surface area contributed by atoms with Gasteiger partial charge in [-0.15, -0.1) is 0 Å². The summed E-state index contributed by atoms with van der Waals surface area (Å²) in [7, 11) is -3.80. The molecule has 1 aromatic heterocycles. The molecule has 0 aliphatic carbocycles. The van der Waals surface area contributed by atoms with Crippen LogP contribution in [0.5, 0.6) is 0 Å². The van der Waals surface area contributed by atoms with Crippen molar-refractivity contribution in [1.29, 1.82) is 0 Å². The van der Waals surface area contributed by atoms with E-state index in [1.807, 2.05) is 24.3 Å². The number of alkyl halides is 1. The van der Waals surface area contributed by atoms with Gasteiger partial charge in [0.15, 0.2) is 0 Å². The lowest BCUT2D eigenvalue weighted by Gasteiger charge is -2.13. The summed E-state index contributed by atoms with van der Waals surface area (Å²) in [6.45, 7) is 0.764. The van der Waals surface area contributed by atoms with E-state index in [1.54, 1.807) is 12.1 Å². The molecule has 0 saturated heterocycles. The molecule has 0 amide bonds. The van der Waals surface area contributed by atoms with Crippen molar-refractivity contribution < 1.29 is 13.2 Å². The average molecular weight is 538 g/mol.